The topological polar surface area (TPSA) is 225 Å². The number of rotatable bonds is 14. The van der Waals surface area contributed by atoms with E-state index in [1.54, 1.807) is 30.3 Å². The molecule has 1 rings (SSSR count). The van der Waals surface area contributed by atoms with E-state index in [0.717, 1.165) is 5.56 Å². The van der Waals surface area contributed by atoms with Crippen LogP contribution in [-0.4, -0.2) is 75.6 Å². The number of carboxylic acid groups (broad SMARTS) is 3. The van der Waals surface area contributed by atoms with E-state index in [0.29, 0.717) is 0 Å². The molecular formula is C20H26N4O9. The number of hydrogen-bond acceptors (Lipinski definition) is 7. The lowest BCUT2D eigenvalue weighted by Crippen LogP contribution is -2.54. The molecule has 13 heteroatoms. The molecule has 0 spiro atoms. The number of carbonyl (C=O) groups excluding carboxylic acids is 3. The first-order valence-electron chi connectivity index (χ1n) is 9.83. The predicted molar refractivity (Wildman–Crippen MR) is 112 cm³/mol. The molecule has 0 aromatic heterocycles. The first kappa shape index (κ1) is 27.0. The molecule has 180 valence electrons. The fourth-order valence-corrected chi connectivity index (χ4v) is 2.69. The maximum absolute atomic E-state index is 12.4. The number of benzene rings is 1. The minimum atomic E-state index is -1.78. The highest BCUT2D eigenvalue weighted by atomic mass is 16.4. The zero-order chi connectivity index (χ0) is 25.0. The van der Waals surface area contributed by atoms with Gasteiger partial charge in [-0.25, -0.2) is 4.79 Å². The zero-order valence-corrected chi connectivity index (χ0v) is 17.5. The Kier molecular flexibility index (Phi) is 11.0. The summed E-state index contributed by atoms with van der Waals surface area (Å²) in [6.07, 6.45) is -1.63. The van der Waals surface area contributed by atoms with Crippen LogP contribution >= 0.6 is 0 Å². The van der Waals surface area contributed by atoms with Crippen molar-refractivity contribution in [2.45, 2.75) is 43.8 Å². The van der Waals surface area contributed by atoms with Crippen molar-refractivity contribution in [3.05, 3.63) is 35.9 Å². The van der Waals surface area contributed by atoms with E-state index in [9.17, 15) is 28.8 Å². The molecule has 1 aromatic rings. The lowest BCUT2D eigenvalue weighted by atomic mass is 10.1. The van der Waals surface area contributed by atoms with Gasteiger partial charge in [0.15, 0.2) is 0 Å². The Labute approximate surface area is 188 Å². The first-order chi connectivity index (χ1) is 15.5. The average molecular weight is 466 g/mol. The molecule has 33 heavy (non-hydrogen) atoms. The summed E-state index contributed by atoms with van der Waals surface area (Å²) in [6.45, 7) is -0.574. The van der Waals surface area contributed by atoms with Gasteiger partial charge < -0.3 is 37.0 Å². The van der Waals surface area contributed by atoms with Gasteiger partial charge in [-0.3, -0.25) is 24.0 Å². The van der Waals surface area contributed by atoms with Crippen molar-refractivity contribution in [3.8, 4) is 0 Å². The summed E-state index contributed by atoms with van der Waals surface area (Å²) in [5.74, 6) is -6.94. The molecule has 3 amide bonds. The molecule has 3 atom stereocenters. The molecule has 0 bridgehead atoms. The number of hydrogen-bond donors (Lipinski definition) is 7. The largest absolute Gasteiger partial charge is 0.481 e. The van der Waals surface area contributed by atoms with E-state index >= 15 is 0 Å². The quantitative estimate of drug-likeness (QED) is 0.161. The summed E-state index contributed by atoms with van der Waals surface area (Å²) >= 11 is 0. The summed E-state index contributed by atoms with van der Waals surface area (Å²) in [7, 11) is 0. The molecule has 0 saturated heterocycles. The second-order valence-electron chi connectivity index (χ2n) is 7.06. The lowest BCUT2D eigenvalue weighted by Gasteiger charge is -2.21. The SMILES string of the molecule is NC(Cc1ccccc1)C(=O)NCC(=O)NC(CCC(=O)O)C(=O)NC(CC(=O)O)C(=O)O. The smallest absolute Gasteiger partial charge is 0.326 e. The van der Waals surface area contributed by atoms with Crippen LogP contribution in [0, 0.1) is 0 Å². The molecule has 8 N–H and O–H groups in total. The van der Waals surface area contributed by atoms with Gasteiger partial charge >= 0.3 is 17.9 Å². The Bertz CT molecular complexity index is 876. The summed E-state index contributed by atoms with van der Waals surface area (Å²) < 4.78 is 0. The fraction of sp³-hybridized carbons (Fsp3) is 0.400. The van der Waals surface area contributed by atoms with Crippen LogP contribution in [0.3, 0.4) is 0 Å². The van der Waals surface area contributed by atoms with Crippen molar-refractivity contribution in [1.82, 2.24) is 16.0 Å². The number of carbonyl (C=O) groups is 6. The molecule has 0 aliphatic heterocycles. The van der Waals surface area contributed by atoms with Gasteiger partial charge in [0.2, 0.25) is 17.7 Å². The molecule has 0 radical (unpaired) electrons. The van der Waals surface area contributed by atoms with E-state index in [1.165, 1.54) is 0 Å². The number of amides is 3. The molecule has 0 saturated carbocycles. The van der Waals surface area contributed by atoms with Crippen LogP contribution in [-0.2, 0) is 35.2 Å². The van der Waals surface area contributed by atoms with Gasteiger partial charge in [-0.2, -0.15) is 0 Å². The first-order valence-corrected chi connectivity index (χ1v) is 9.83. The Balaban J connectivity index is 2.68. The van der Waals surface area contributed by atoms with Gasteiger partial charge in [-0.05, 0) is 18.4 Å². The Morgan fingerprint density at radius 2 is 1.48 bits per heavy atom. The third-order valence-electron chi connectivity index (χ3n) is 4.35. The molecular weight excluding hydrogens is 440 g/mol. The van der Waals surface area contributed by atoms with Crippen molar-refractivity contribution in [2.75, 3.05) is 6.54 Å². The van der Waals surface area contributed by atoms with Crippen LogP contribution in [0.1, 0.15) is 24.8 Å². The highest BCUT2D eigenvalue weighted by molar-refractivity contribution is 5.93. The maximum Gasteiger partial charge on any atom is 0.326 e. The lowest BCUT2D eigenvalue weighted by molar-refractivity contribution is -0.147. The number of carboxylic acids is 3. The highest BCUT2D eigenvalue weighted by Crippen LogP contribution is 2.03. The maximum atomic E-state index is 12.4. The number of nitrogens with one attached hydrogen (secondary N) is 3. The van der Waals surface area contributed by atoms with E-state index < -0.39 is 79.6 Å². The Morgan fingerprint density at radius 3 is 2.03 bits per heavy atom. The van der Waals surface area contributed by atoms with E-state index in [4.69, 9.17) is 21.1 Å². The normalized spacial score (nSPS) is 13.1. The van der Waals surface area contributed by atoms with Crippen molar-refractivity contribution in [2.24, 2.45) is 5.73 Å². The van der Waals surface area contributed by atoms with Crippen LogP contribution in [0.4, 0.5) is 0 Å². The number of aliphatic carboxylic acids is 3. The van der Waals surface area contributed by atoms with Crippen molar-refractivity contribution < 1.29 is 44.1 Å². The molecule has 0 aliphatic rings. The molecule has 13 nitrogen and oxygen atoms in total. The summed E-state index contributed by atoms with van der Waals surface area (Å²) in [5.41, 5.74) is 6.62. The van der Waals surface area contributed by atoms with Crippen molar-refractivity contribution in [1.29, 1.82) is 0 Å². The Morgan fingerprint density at radius 1 is 0.848 bits per heavy atom. The molecule has 0 aliphatic carbocycles. The minimum Gasteiger partial charge on any atom is -0.481 e. The highest BCUT2D eigenvalue weighted by Gasteiger charge is 2.28. The van der Waals surface area contributed by atoms with Gasteiger partial charge in [-0.1, -0.05) is 30.3 Å². The monoisotopic (exact) mass is 466 g/mol. The fourth-order valence-electron chi connectivity index (χ4n) is 2.69. The zero-order valence-electron chi connectivity index (χ0n) is 17.5. The molecule has 1 aromatic carbocycles. The van der Waals surface area contributed by atoms with Gasteiger partial charge in [0.1, 0.15) is 12.1 Å². The molecule has 0 fully saturated rings. The van der Waals surface area contributed by atoms with Crippen LogP contribution in [0.5, 0.6) is 0 Å². The van der Waals surface area contributed by atoms with Gasteiger partial charge in [0.25, 0.3) is 0 Å². The second-order valence-corrected chi connectivity index (χ2v) is 7.06. The third-order valence-corrected chi connectivity index (χ3v) is 4.35. The van der Waals surface area contributed by atoms with Gasteiger partial charge in [-0.15, -0.1) is 0 Å². The summed E-state index contributed by atoms with van der Waals surface area (Å²) in [4.78, 5) is 69.4. The minimum absolute atomic E-state index is 0.220. The standard InChI is InChI=1S/C20H26N4O9/c21-12(8-11-4-2-1-3-5-11)18(30)22-10-15(25)23-13(6-7-16(26)27)19(31)24-14(20(32)33)9-17(28)29/h1-5,12-14H,6-10,21H2,(H,22,30)(H,23,25)(H,24,31)(H,26,27)(H,28,29)(H,32,33). The van der Waals surface area contributed by atoms with Crippen molar-refractivity contribution >= 4 is 35.6 Å². The third kappa shape index (κ3) is 10.7. The van der Waals surface area contributed by atoms with Crippen LogP contribution < -0.4 is 21.7 Å². The molecule has 0 heterocycles. The van der Waals surface area contributed by atoms with Crippen molar-refractivity contribution in [3.63, 3.8) is 0 Å². The van der Waals surface area contributed by atoms with Gasteiger partial charge in [0.05, 0.1) is 19.0 Å². The summed E-state index contributed by atoms with van der Waals surface area (Å²) in [6, 6.07) is 4.71. The number of nitrogens with two attached hydrogens (primary N) is 1. The second kappa shape index (κ2) is 13.4. The van der Waals surface area contributed by atoms with E-state index in [2.05, 4.69) is 10.6 Å². The van der Waals surface area contributed by atoms with E-state index in [-0.39, 0.29) is 6.42 Å². The average Bonchev–Trinajstić information content (AvgIpc) is 2.74. The predicted octanol–water partition coefficient (Wildman–Crippen LogP) is -1.93. The van der Waals surface area contributed by atoms with E-state index in [1.807, 2.05) is 5.32 Å². The van der Waals surface area contributed by atoms with Gasteiger partial charge in [0, 0.05) is 6.42 Å². The molecule has 3 unspecified atom stereocenters. The van der Waals surface area contributed by atoms with Crippen LogP contribution in [0.15, 0.2) is 30.3 Å². The Hall–Kier alpha value is -4.00. The van der Waals surface area contributed by atoms with Crippen LogP contribution in [0.25, 0.3) is 0 Å². The van der Waals surface area contributed by atoms with Crippen LogP contribution in [0.2, 0.25) is 0 Å². The summed E-state index contributed by atoms with van der Waals surface area (Å²) in [5, 5.41) is 33.1.